The fraction of sp³-hybridized carbons (Fsp3) is 0.778. The number of rotatable bonds is 14. The molecule has 0 saturated carbocycles. The van der Waals surface area contributed by atoms with E-state index >= 15 is 0 Å². The molecule has 0 bridgehead atoms. The second-order valence-corrected chi connectivity index (χ2v) is 5.17. The van der Waals surface area contributed by atoms with Crippen LogP contribution < -0.4 is 0 Å². The van der Waals surface area contributed by atoms with Gasteiger partial charge >= 0.3 is 0 Å². The van der Waals surface area contributed by atoms with Gasteiger partial charge in [0.25, 0.3) is 0 Å². The Kier molecular flexibility index (Phi) is 16.6. The summed E-state index contributed by atoms with van der Waals surface area (Å²) in [6.07, 6.45) is 22.8. The summed E-state index contributed by atoms with van der Waals surface area (Å²) in [6.45, 7) is 5.24. The zero-order valence-electron chi connectivity index (χ0n) is 13.2. The molecule has 0 spiro atoms. The third kappa shape index (κ3) is 17.3. The van der Waals surface area contributed by atoms with Crippen molar-refractivity contribution >= 4 is 0 Å². The molecule has 0 aliphatic carbocycles. The van der Waals surface area contributed by atoms with Gasteiger partial charge in [-0.3, -0.25) is 0 Å². The van der Waals surface area contributed by atoms with E-state index in [1.165, 1.54) is 57.8 Å². The Hall–Kier alpha value is -0.720. The first-order chi connectivity index (χ1) is 9.41. The minimum Gasteiger partial charge on any atom is -0.501 e. The molecule has 0 aromatic carbocycles. The molecule has 0 heterocycles. The van der Waals surface area contributed by atoms with E-state index in [1.54, 1.807) is 0 Å². The van der Waals surface area contributed by atoms with Crippen LogP contribution in [0.4, 0.5) is 0 Å². The topological polar surface area (TPSA) is 9.23 Å². The highest BCUT2D eigenvalue weighted by Gasteiger charge is 1.90. The average Bonchev–Trinajstić information content (AvgIpc) is 2.43. The number of hydrogen-bond acceptors (Lipinski definition) is 1. The summed E-state index contributed by atoms with van der Waals surface area (Å²) in [5.41, 5.74) is 0. The number of unbranched alkanes of at least 4 members (excludes halogenated alkanes) is 8. The fourth-order valence-electron chi connectivity index (χ4n) is 2.02. The van der Waals surface area contributed by atoms with E-state index in [-0.39, 0.29) is 0 Å². The van der Waals surface area contributed by atoms with Crippen molar-refractivity contribution in [2.24, 2.45) is 0 Å². The van der Waals surface area contributed by atoms with Gasteiger partial charge in [0.15, 0.2) is 0 Å². The maximum atomic E-state index is 5.42. The van der Waals surface area contributed by atoms with Gasteiger partial charge in [0.05, 0.1) is 12.9 Å². The molecule has 112 valence electrons. The Morgan fingerprint density at radius 1 is 0.684 bits per heavy atom. The molecule has 1 heteroatoms. The highest BCUT2D eigenvalue weighted by Crippen LogP contribution is 2.09. The number of hydrogen-bond donors (Lipinski definition) is 0. The van der Waals surface area contributed by atoms with Crippen LogP contribution in [0.3, 0.4) is 0 Å². The van der Waals surface area contributed by atoms with Gasteiger partial charge in [-0.25, -0.2) is 0 Å². The van der Waals surface area contributed by atoms with Crippen molar-refractivity contribution in [3.63, 3.8) is 0 Å². The molecule has 0 aromatic rings. The molecule has 0 atom stereocenters. The maximum Gasteiger partial charge on any atom is 0.0907 e. The van der Waals surface area contributed by atoms with Gasteiger partial charge in [-0.1, -0.05) is 70.9 Å². The van der Waals surface area contributed by atoms with E-state index in [0.29, 0.717) is 0 Å². The van der Waals surface area contributed by atoms with Crippen molar-refractivity contribution in [3.05, 3.63) is 24.5 Å². The molecule has 0 rings (SSSR count). The standard InChI is InChI=1S/C18H34O/c1-3-5-7-9-10-11-12-13-14-16-18-19-17-15-8-6-4-2/h6,8,16,18H,3-5,7,9-15,17H2,1-2H3. The van der Waals surface area contributed by atoms with Gasteiger partial charge in [0.1, 0.15) is 0 Å². The molecule has 1 nitrogen and oxygen atoms in total. The quantitative estimate of drug-likeness (QED) is 0.201. The summed E-state index contributed by atoms with van der Waals surface area (Å²) < 4.78 is 5.42. The summed E-state index contributed by atoms with van der Waals surface area (Å²) in [7, 11) is 0. The summed E-state index contributed by atoms with van der Waals surface area (Å²) in [4.78, 5) is 0. The van der Waals surface area contributed by atoms with Crippen LogP contribution >= 0.6 is 0 Å². The summed E-state index contributed by atoms with van der Waals surface area (Å²) >= 11 is 0. The van der Waals surface area contributed by atoms with Crippen LogP contribution in [-0.4, -0.2) is 6.61 Å². The summed E-state index contributed by atoms with van der Waals surface area (Å²) in [5, 5.41) is 0. The molecule has 0 radical (unpaired) electrons. The van der Waals surface area contributed by atoms with E-state index in [4.69, 9.17) is 4.74 Å². The highest BCUT2D eigenvalue weighted by atomic mass is 16.5. The molecule has 0 aromatic heterocycles. The van der Waals surface area contributed by atoms with Gasteiger partial charge in [0, 0.05) is 0 Å². The first-order valence-electron chi connectivity index (χ1n) is 8.33. The van der Waals surface area contributed by atoms with Gasteiger partial charge < -0.3 is 4.74 Å². The van der Waals surface area contributed by atoms with Crippen molar-refractivity contribution in [1.82, 2.24) is 0 Å². The van der Waals surface area contributed by atoms with Gasteiger partial charge in [-0.2, -0.15) is 0 Å². The van der Waals surface area contributed by atoms with Crippen molar-refractivity contribution in [2.45, 2.75) is 84.5 Å². The molecule has 0 amide bonds. The number of ether oxygens (including phenoxy) is 1. The maximum absolute atomic E-state index is 5.42. The zero-order chi connectivity index (χ0) is 14.0. The van der Waals surface area contributed by atoms with Crippen LogP contribution in [0.25, 0.3) is 0 Å². The predicted molar refractivity (Wildman–Crippen MR) is 86.4 cm³/mol. The SMILES string of the molecule is CCC=CCCOC=CCCCCCCCCCC. The van der Waals surface area contributed by atoms with Gasteiger partial charge in [-0.15, -0.1) is 0 Å². The monoisotopic (exact) mass is 266 g/mol. The summed E-state index contributed by atoms with van der Waals surface area (Å²) in [5.74, 6) is 0. The van der Waals surface area contributed by atoms with E-state index < -0.39 is 0 Å². The van der Waals surface area contributed by atoms with Gasteiger partial charge in [0.2, 0.25) is 0 Å². The van der Waals surface area contributed by atoms with Gasteiger partial charge in [-0.05, 0) is 31.8 Å². The Balaban J connectivity index is 3.06. The largest absolute Gasteiger partial charge is 0.501 e. The first kappa shape index (κ1) is 18.3. The van der Waals surface area contributed by atoms with Crippen LogP contribution in [0, 0.1) is 0 Å². The molecule has 0 aliphatic rings. The molecule has 19 heavy (non-hydrogen) atoms. The van der Waals surface area contributed by atoms with E-state index in [0.717, 1.165) is 19.4 Å². The Labute approximate surface area is 121 Å². The third-order valence-electron chi connectivity index (χ3n) is 3.22. The Bertz CT molecular complexity index is 206. The summed E-state index contributed by atoms with van der Waals surface area (Å²) in [6, 6.07) is 0. The molecule has 0 fully saturated rings. The van der Waals surface area contributed by atoms with Crippen LogP contribution in [0.15, 0.2) is 24.5 Å². The lowest BCUT2D eigenvalue weighted by atomic mass is 10.1. The lowest BCUT2D eigenvalue weighted by Crippen LogP contribution is -1.84. The molecule has 0 unspecified atom stereocenters. The third-order valence-corrected chi connectivity index (χ3v) is 3.22. The van der Waals surface area contributed by atoms with E-state index in [9.17, 15) is 0 Å². The average molecular weight is 266 g/mol. The fourth-order valence-corrected chi connectivity index (χ4v) is 2.02. The van der Waals surface area contributed by atoms with Crippen LogP contribution in [0.5, 0.6) is 0 Å². The lowest BCUT2D eigenvalue weighted by Gasteiger charge is -2.00. The minimum absolute atomic E-state index is 0.810. The second-order valence-electron chi connectivity index (χ2n) is 5.17. The Morgan fingerprint density at radius 3 is 2.05 bits per heavy atom. The minimum atomic E-state index is 0.810. The molecule has 0 saturated heterocycles. The molecule has 0 aliphatic heterocycles. The zero-order valence-corrected chi connectivity index (χ0v) is 13.2. The van der Waals surface area contributed by atoms with Crippen LogP contribution in [0.2, 0.25) is 0 Å². The highest BCUT2D eigenvalue weighted by molar-refractivity contribution is 4.80. The van der Waals surface area contributed by atoms with Crippen LogP contribution in [-0.2, 0) is 4.74 Å². The van der Waals surface area contributed by atoms with Crippen molar-refractivity contribution in [3.8, 4) is 0 Å². The lowest BCUT2D eigenvalue weighted by molar-refractivity contribution is 0.255. The smallest absolute Gasteiger partial charge is 0.0907 e. The van der Waals surface area contributed by atoms with Crippen molar-refractivity contribution in [1.29, 1.82) is 0 Å². The van der Waals surface area contributed by atoms with Crippen molar-refractivity contribution in [2.75, 3.05) is 6.61 Å². The molecule has 0 N–H and O–H groups in total. The Morgan fingerprint density at radius 2 is 1.37 bits per heavy atom. The van der Waals surface area contributed by atoms with Crippen LogP contribution in [0.1, 0.15) is 84.5 Å². The first-order valence-corrected chi connectivity index (χ1v) is 8.33. The van der Waals surface area contributed by atoms with E-state index in [1.807, 2.05) is 6.26 Å². The number of allylic oxidation sites excluding steroid dienone is 2. The second kappa shape index (κ2) is 17.3. The predicted octanol–water partition coefficient (Wildman–Crippen LogP) is 6.40. The normalized spacial score (nSPS) is 11.7. The van der Waals surface area contributed by atoms with Crippen molar-refractivity contribution < 1.29 is 4.74 Å². The molecular weight excluding hydrogens is 232 g/mol. The molecular formula is C18H34O. The van der Waals surface area contributed by atoms with E-state index in [2.05, 4.69) is 32.1 Å².